The Morgan fingerprint density at radius 2 is 1.54 bits per heavy atom. The molecule has 0 bridgehead atoms. The van der Waals surface area contributed by atoms with Gasteiger partial charge in [-0.15, -0.1) is 24.8 Å². The summed E-state index contributed by atoms with van der Waals surface area (Å²) in [7, 11) is 3.38. The van der Waals surface area contributed by atoms with Crippen molar-refractivity contribution in [2.45, 2.75) is 31.7 Å². The van der Waals surface area contributed by atoms with Crippen LogP contribution in [0.25, 0.3) is 0 Å². The fraction of sp³-hybridized carbons (Fsp3) is 0.684. The average molecular weight is 406 g/mol. The largest absolute Gasteiger partial charge is 0.497 e. The molecule has 3 rings (SSSR count). The average Bonchev–Trinajstić information content (AvgIpc) is 2.64. The summed E-state index contributed by atoms with van der Waals surface area (Å²) in [4.78, 5) is 2.65. The first-order valence-electron chi connectivity index (χ1n) is 9.19. The van der Waals surface area contributed by atoms with Gasteiger partial charge in [0.1, 0.15) is 11.5 Å². The van der Waals surface area contributed by atoms with Crippen LogP contribution in [0, 0.1) is 5.92 Å². The number of ether oxygens (including phenoxy) is 2. The van der Waals surface area contributed by atoms with Crippen molar-refractivity contribution in [3.63, 3.8) is 0 Å². The predicted molar refractivity (Wildman–Crippen MR) is 113 cm³/mol. The highest BCUT2D eigenvalue weighted by Gasteiger charge is 2.22. The summed E-state index contributed by atoms with van der Waals surface area (Å²) in [6.07, 6.45) is 5.07. The van der Waals surface area contributed by atoms with Crippen LogP contribution < -0.4 is 20.1 Å². The summed E-state index contributed by atoms with van der Waals surface area (Å²) in [5.74, 6) is 2.55. The molecule has 2 saturated heterocycles. The molecule has 7 heteroatoms. The maximum absolute atomic E-state index is 5.35. The van der Waals surface area contributed by atoms with Crippen LogP contribution in [0.3, 0.4) is 0 Å². The zero-order chi connectivity index (χ0) is 16.8. The van der Waals surface area contributed by atoms with Crippen molar-refractivity contribution in [3.05, 3.63) is 18.2 Å². The van der Waals surface area contributed by atoms with E-state index in [4.69, 9.17) is 9.47 Å². The number of piperidine rings is 2. The summed E-state index contributed by atoms with van der Waals surface area (Å²) in [6.45, 7) is 6.06. The van der Waals surface area contributed by atoms with Crippen LogP contribution >= 0.6 is 24.8 Å². The molecule has 0 aliphatic carbocycles. The van der Waals surface area contributed by atoms with Gasteiger partial charge in [-0.2, -0.15) is 0 Å². The molecule has 2 heterocycles. The lowest BCUT2D eigenvalue weighted by Crippen LogP contribution is -2.43. The van der Waals surface area contributed by atoms with E-state index in [0.29, 0.717) is 6.04 Å². The number of nitrogens with one attached hydrogen (secondary N) is 2. The van der Waals surface area contributed by atoms with Crippen LogP contribution in [0.5, 0.6) is 11.5 Å². The number of likely N-dealkylation sites (tertiary alicyclic amines) is 1. The lowest BCUT2D eigenvalue weighted by Gasteiger charge is -2.36. The van der Waals surface area contributed by atoms with Crippen LogP contribution in [0.4, 0.5) is 5.69 Å². The molecule has 1 aromatic rings. The smallest absolute Gasteiger partial charge is 0.124 e. The Kier molecular flexibility index (Phi) is 10.5. The van der Waals surface area contributed by atoms with Crippen molar-refractivity contribution in [2.24, 2.45) is 5.92 Å². The highest BCUT2D eigenvalue weighted by Crippen LogP contribution is 2.27. The first-order chi connectivity index (χ1) is 11.8. The fourth-order valence-corrected chi connectivity index (χ4v) is 3.82. The Morgan fingerprint density at radius 3 is 2.08 bits per heavy atom. The third-order valence-corrected chi connectivity index (χ3v) is 5.28. The lowest BCUT2D eigenvalue weighted by atomic mass is 9.96. The van der Waals surface area contributed by atoms with Crippen LogP contribution in [0.2, 0.25) is 0 Å². The molecule has 2 aliphatic rings. The third-order valence-electron chi connectivity index (χ3n) is 5.28. The Labute approximate surface area is 170 Å². The van der Waals surface area contributed by atoms with Gasteiger partial charge < -0.3 is 25.0 Å². The topological polar surface area (TPSA) is 45.8 Å². The molecule has 2 aliphatic heterocycles. The predicted octanol–water partition coefficient (Wildman–Crippen LogP) is 3.42. The second-order valence-electron chi connectivity index (χ2n) is 7.01. The molecule has 0 aromatic heterocycles. The third kappa shape index (κ3) is 6.69. The van der Waals surface area contributed by atoms with Crippen LogP contribution in [-0.2, 0) is 0 Å². The van der Waals surface area contributed by atoms with E-state index in [-0.39, 0.29) is 24.8 Å². The zero-order valence-corrected chi connectivity index (χ0v) is 17.5. The monoisotopic (exact) mass is 405 g/mol. The molecular formula is C19H33Cl2N3O2. The van der Waals surface area contributed by atoms with Crippen molar-refractivity contribution in [3.8, 4) is 11.5 Å². The Morgan fingerprint density at radius 1 is 0.962 bits per heavy atom. The number of benzene rings is 1. The van der Waals surface area contributed by atoms with Gasteiger partial charge in [-0.05, 0) is 44.7 Å². The quantitative estimate of drug-likeness (QED) is 0.758. The van der Waals surface area contributed by atoms with E-state index in [1.165, 1.54) is 58.4 Å². The normalized spacial score (nSPS) is 19.2. The number of halogens is 2. The van der Waals surface area contributed by atoms with Gasteiger partial charge in [0.15, 0.2) is 0 Å². The zero-order valence-electron chi connectivity index (χ0n) is 15.8. The fourth-order valence-electron chi connectivity index (χ4n) is 3.82. The molecule has 0 amide bonds. The van der Waals surface area contributed by atoms with E-state index < -0.39 is 0 Å². The second kappa shape index (κ2) is 11.8. The van der Waals surface area contributed by atoms with Gasteiger partial charge in [0.25, 0.3) is 0 Å². The number of anilines is 1. The number of hydrogen-bond acceptors (Lipinski definition) is 5. The Bertz CT molecular complexity index is 497. The summed E-state index contributed by atoms with van der Waals surface area (Å²) in [6, 6.07) is 6.53. The number of methoxy groups -OCH3 is 2. The molecule has 26 heavy (non-hydrogen) atoms. The van der Waals surface area contributed by atoms with E-state index in [2.05, 4.69) is 15.5 Å². The van der Waals surface area contributed by atoms with E-state index in [1.54, 1.807) is 14.2 Å². The molecule has 0 saturated carbocycles. The standard InChI is InChI=1S/C19H31N3O2.2ClH/c1-23-18-11-17(12-19(13-18)24-2)21-16-5-9-22(10-6-16)14-15-3-7-20-8-4-15;;/h11-13,15-16,20-21H,3-10,14H2,1-2H3;2*1H. The van der Waals surface area contributed by atoms with E-state index in [0.717, 1.165) is 23.1 Å². The van der Waals surface area contributed by atoms with Gasteiger partial charge in [0.05, 0.1) is 14.2 Å². The molecular weight excluding hydrogens is 373 g/mol. The molecule has 5 nitrogen and oxygen atoms in total. The number of rotatable bonds is 6. The molecule has 2 N–H and O–H groups in total. The van der Waals surface area contributed by atoms with Crippen molar-refractivity contribution in [1.82, 2.24) is 10.2 Å². The first-order valence-corrected chi connectivity index (χ1v) is 9.19. The van der Waals surface area contributed by atoms with Gasteiger partial charge in [-0.1, -0.05) is 0 Å². The maximum Gasteiger partial charge on any atom is 0.124 e. The summed E-state index contributed by atoms with van der Waals surface area (Å²) < 4.78 is 10.7. The molecule has 0 atom stereocenters. The van der Waals surface area contributed by atoms with Crippen molar-refractivity contribution >= 4 is 30.5 Å². The lowest BCUT2D eigenvalue weighted by molar-refractivity contribution is 0.171. The molecule has 0 spiro atoms. The highest BCUT2D eigenvalue weighted by atomic mass is 35.5. The van der Waals surface area contributed by atoms with Crippen LogP contribution in [-0.4, -0.2) is 57.9 Å². The van der Waals surface area contributed by atoms with Crippen molar-refractivity contribution in [1.29, 1.82) is 0 Å². The van der Waals surface area contributed by atoms with Gasteiger partial charge in [0.2, 0.25) is 0 Å². The Hall–Kier alpha value is -0.880. The van der Waals surface area contributed by atoms with Gasteiger partial charge in [-0.25, -0.2) is 0 Å². The van der Waals surface area contributed by atoms with Gasteiger partial charge in [-0.3, -0.25) is 0 Å². The van der Waals surface area contributed by atoms with E-state index in [1.807, 2.05) is 18.2 Å². The van der Waals surface area contributed by atoms with Crippen molar-refractivity contribution in [2.75, 3.05) is 52.3 Å². The summed E-state index contributed by atoms with van der Waals surface area (Å²) >= 11 is 0. The molecule has 1 aromatic carbocycles. The minimum atomic E-state index is 0. The highest BCUT2D eigenvalue weighted by molar-refractivity contribution is 5.85. The molecule has 0 radical (unpaired) electrons. The van der Waals surface area contributed by atoms with Crippen LogP contribution in [0.15, 0.2) is 18.2 Å². The maximum atomic E-state index is 5.35. The van der Waals surface area contributed by atoms with Gasteiger partial charge in [0, 0.05) is 49.6 Å². The van der Waals surface area contributed by atoms with Gasteiger partial charge >= 0.3 is 0 Å². The summed E-state index contributed by atoms with van der Waals surface area (Å²) in [5, 5.41) is 7.11. The molecule has 2 fully saturated rings. The summed E-state index contributed by atoms with van der Waals surface area (Å²) in [5.41, 5.74) is 1.09. The van der Waals surface area contributed by atoms with E-state index >= 15 is 0 Å². The SMILES string of the molecule is COc1cc(NC2CCN(CC3CCNCC3)CC2)cc(OC)c1.Cl.Cl. The Balaban J connectivity index is 0.00000169. The van der Waals surface area contributed by atoms with Crippen LogP contribution in [0.1, 0.15) is 25.7 Å². The number of hydrogen-bond donors (Lipinski definition) is 2. The van der Waals surface area contributed by atoms with E-state index in [9.17, 15) is 0 Å². The van der Waals surface area contributed by atoms with Crippen molar-refractivity contribution < 1.29 is 9.47 Å². The molecule has 0 unspecified atom stereocenters. The minimum absolute atomic E-state index is 0. The number of nitrogens with zero attached hydrogens (tertiary/aromatic N) is 1. The molecule has 150 valence electrons. The minimum Gasteiger partial charge on any atom is -0.497 e. The second-order valence-corrected chi connectivity index (χ2v) is 7.01. The first kappa shape index (κ1) is 23.2.